The molecule has 12 heteroatoms. The highest BCUT2D eigenvalue weighted by Crippen LogP contribution is 2.49. The number of carboxylic acids is 1. The Kier molecular flexibility index (Phi) is 8.00. The van der Waals surface area contributed by atoms with Crippen LogP contribution in [0.4, 0.5) is 17.6 Å². The summed E-state index contributed by atoms with van der Waals surface area (Å²) < 4.78 is 55.8. The molecule has 1 saturated heterocycles. The van der Waals surface area contributed by atoms with Crippen molar-refractivity contribution in [2.75, 3.05) is 26.2 Å². The van der Waals surface area contributed by atoms with Gasteiger partial charge in [0.05, 0.1) is 6.04 Å². The molecule has 2 heterocycles. The van der Waals surface area contributed by atoms with Gasteiger partial charge in [0.15, 0.2) is 5.69 Å². The summed E-state index contributed by atoms with van der Waals surface area (Å²) in [5.74, 6) is -1.49. The van der Waals surface area contributed by atoms with Crippen LogP contribution in [0.5, 0.6) is 5.75 Å². The molecule has 2 aromatic carbocycles. The summed E-state index contributed by atoms with van der Waals surface area (Å²) in [4.78, 5) is 24.0. The molecule has 3 aromatic rings. The third-order valence-corrected chi connectivity index (χ3v) is 6.46. The highest BCUT2D eigenvalue weighted by molar-refractivity contribution is 5.92. The number of fused-ring (bicyclic) bond motifs is 3. The van der Waals surface area contributed by atoms with Gasteiger partial charge in [-0.15, -0.1) is 0 Å². The number of hydrogen-bond acceptors (Lipinski definition) is 6. The van der Waals surface area contributed by atoms with Crippen molar-refractivity contribution >= 4 is 11.9 Å². The number of rotatable bonds is 6. The average Bonchev–Trinajstić information content (AvgIpc) is 3.55. The molecule has 0 unspecified atom stereocenters. The van der Waals surface area contributed by atoms with E-state index in [-0.39, 0.29) is 23.7 Å². The number of ether oxygens (including phenoxy) is 1. The predicted octanol–water partition coefficient (Wildman–Crippen LogP) is 4.33. The van der Waals surface area contributed by atoms with Gasteiger partial charge in [-0.2, -0.15) is 13.2 Å². The number of benzene rings is 2. The van der Waals surface area contributed by atoms with Crippen LogP contribution in [0.3, 0.4) is 0 Å². The topological polar surface area (TPSA) is 105 Å². The van der Waals surface area contributed by atoms with Gasteiger partial charge in [0, 0.05) is 43.6 Å². The van der Waals surface area contributed by atoms with Crippen LogP contribution < -0.4 is 10.1 Å². The van der Waals surface area contributed by atoms with E-state index in [1.54, 1.807) is 25.1 Å². The van der Waals surface area contributed by atoms with E-state index in [2.05, 4.69) is 33.6 Å². The summed E-state index contributed by atoms with van der Waals surface area (Å²) in [5.41, 5.74) is 2.78. The van der Waals surface area contributed by atoms with Crippen molar-refractivity contribution in [1.29, 1.82) is 0 Å². The van der Waals surface area contributed by atoms with Gasteiger partial charge in [-0.3, -0.25) is 9.69 Å². The minimum Gasteiger partial charge on any atom is -0.492 e. The number of aromatic nitrogens is 1. The first-order chi connectivity index (χ1) is 18.0. The molecule has 0 radical (unpaired) electrons. The fourth-order valence-corrected chi connectivity index (χ4v) is 4.85. The van der Waals surface area contributed by atoms with Crippen molar-refractivity contribution < 1.29 is 41.5 Å². The molecule has 0 bridgehead atoms. The second kappa shape index (κ2) is 11.2. The summed E-state index contributed by atoms with van der Waals surface area (Å²) in [6.07, 6.45) is -5.08. The van der Waals surface area contributed by atoms with Gasteiger partial charge in [0.2, 0.25) is 0 Å². The molecule has 1 amide bonds. The fourth-order valence-electron chi connectivity index (χ4n) is 4.85. The minimum atomic E-state index is -5.08. The van der Waals surface area contributed by atoms with Crippen molar-refractivity contribution in [3.8, 4) is 5.75 Å². The summed E-state index contributed by atoms with van der Waals surface area (Å²) in [7, 11) is 0. The summed E-state index contributed by atoms with van der Waals surface area (Å²) >= 11 is 0. The first-order valence-electron chi connectivity index (χ1n) is 11.8. The van der Waals surface area contributed by atoms with E-state index in [0.717, 1.165) is 19.6 Å². The highest BCUT2D eigenvalue weighted by Gasteiger charge is 2.46. The monoisotopic (exact) mass is 535 g/mol. The number of nitrogens with zero attached hydrogens (tertiary/aromatic N) is 2. The molecule has 202 valence electrons. The molecule has 8 nitrogen and oxygen atoms in total. The van der Waals surface area contributed by atoms with Crippen LogP contribution in [0.1, 0.15) is 39.3 Å². The number of hydrogen-bond donors (Lipinski definition) is 2. The molecule has 1 fully saturated rings. The molecule has 1 aromatic heterocycles. The van der Waals surface area contributed by atoms with E-state index in [0.29, 0.717) is 29.7 Å². The Balaban J connectivity index is 0.000000426. The van der Waals surface area contributed by atoms with Crippen LogP contribution in [0.15, 0.2) is 59.1 Å². The van der Waals surface area contributed by atoms with Gasteiger partial charge >= 0.3 is 12.1 Å². The number of amides is 1. The Morgan fingerprint density at radius 2 is 1.84 bits per heavy atom. The second-order valence-corrected chi connectivity index (χ2v) is 9.04. The largest absolute Gasteiger partial charge is 0.492 e. The molecule has 2 N–H and O–H groups in total. The summed E-state index contributed by atoms with van der Waals surface area (Å²) in [6.45, 7) is 4.76. The van der Waals surface area contributed by atoms with E-state index in [1.165, 1.54) is 23.3 Å². The Morgan fingerprint density at radius 3 is 2.47 bits per heavy atom. The lowest BCUT2D eigenvalue weighted by molar-refractivity contribution is -0.192. The molecule has 0 spiro atoms. The Bertz CT molecular complexity index is 1300. The zero-order chi connectivity index (χ0) is 27.4. The maximum atomic E-state index is 13.3. The van der Waals surface area contributed by atoms with E-state index in [1.807, 2.05) is 6.07 Å². The van der Waals surface area contributed by atoms with Gasteiger partial charge in [-0.1, -0.05) is 35.5 Å². The van der Waals surface area contributed by atoms with E-state index >= 15 is 0 Å². The molecule has 2 aliphatic rings. The number of aliphatic carboxylic acids is 1. The smallest absolute Gasteiger partial charge is 0.490 e. The van der Waals surface area contributed by atoms with Gasteiger partial charge in [0.25, 0.3) is 5.91 Å². The molecular weight excluding hydrogens is 510 g/mol. The maximum Gasteiger partial charge on any atom is 0.490 e. The zero-order valence-corrected chi connectivity index (χ0v) is 20.2. The lowest BCUT2D eigenvalue weighted by Gasteiger charge is -2.22. The molecule has 0 saturated carbocycles. The van der Waals surface area contributed by atoms with Gasteiger partial charge in [0.1, 0.15) is 23.9 Å². The van der Waals surface area contributed by atoms with Crippen molar-refractivity contribution in [1.82, 2.24) is 15.4 Å². The molecule has 1 aliphatic carbocycles. The van der Waals surface area contributed by atoms with Crippen LogP contribution in [0.2, 0.25) is 0 Å². The number of carbonyl (C=O) groups excluding carboxylic acids is 1. The number of alkyl halides is 3. The maximum absolute atomic E-state index is 13.3. The minimum absolute atomic E-state index is 0.0696. The van der Waals surface area contributed by atoms with Crippen LogP contribution in [-0.4, -0.2) is 59.5 Å². The standard InChI is InChI=1S/C24H24FN3O3.C2HF3O2/c1-15-11-22(27-31-15)24(29)26-23-19-8-3-2-7-18(19)20-13-28(14-21(20)23)9-10-30-17-6-4-5-16(25)12-17;3-2(4,5)1(6)7/h2-8,11-12,20-21,23H,9-10,13-14H2,1H3,(H,26,29);(H,6,7)/t20-,21-,23+;/m0./s1. The highest BCUT2D eigenvalue weighted by atomic mass is 19.4. The Labute approximate surface area is 215 Å². The number of carbonyl (C=O) groups is 2. The SMILES string of the molecule is Cc1cc(C(=O)N[C@@H]2c3ccccc3[C@@H]3CN(CCOc4cccc(F)c4)C[C@H]23)no1.O=C(O)C(F)(F)F. The van der Waals surface area contributed by atoms with Gasteiger partial charge < -0.3 is 19.7 Å². The number of nitrogens with one attached hydrogen (secondary N) is 1. The van der Waals surface area contributed by atoms with Crippen molar-refractivity contribution in [2.24, 2.45) is 5.92 Å². The van der Waals surface area contributed by atoms with Gasteiger partial charge in [-0.25, -0.2) is 9.18 Å². The van der Waals surface area contributed by atoms with Crippen molar-refractivity contribution in [2.45, 2.75) is 25.1 Å². The van der Waals surface area contributed by atoms with Gasteiger partial charge in [-0.05, 0) is 30.2 Å². The first kappa shape index (κ1) is 27.1. The number of carboxylic acid groups (broad SMARTS) is 1. The number of aryl methyl sites for hydroxylation is 1. The zero-order valence-electron chi connectivity index (χ0n) is 20.2. The third-order valence-electron chi connectivity index (χ3n) is 6.46. The second-order valence-electron chi connectivity index (χ2n) is 9.04. The molecule has 38 heavy (non-hydrogen) atoms. The lowest BCUT2D eigenvalue weighted by atomic mass is 9.94. The summed E-state index contributed by atoms with van der Waals surface area (Å²) in [6, 6.07) is 16.1. The lowest BCUT2D eigenvalue weighted by Crippen LogP contribution is -2.34. The summed E-state index contributed by atoms with van der Waals surface area (Å²) in [5, 5.41) is 14.2. The van der Waals surface area contributed by atoms with Crippen LogP contribution in [-0.2, 0) is 4.79 Å². The number of halogens is 4. The van der Waals surface area contributed by atoms with E-state index < -0.39 is 12.1 Å². The van der Waals surface area contributed by atoms with Crippen molar-refractivity contribution in [3.05, 3.63) is 83.0 Å². The van der Waals surface area contributed by atoms with E-state index in [9.17, 15) is 22.4 Å². The van der Waals surface area contributed by atoms with E-state index in [4.69, 9.17) is 19.2 Å². The van der Waals surface area contributed by atoms with Crippen molar-refractivity contribution in [3.63, 3.8) is 0 Å². The Hall–Kier alpha value is -3.93. The van der Waals surface area contributed by atoms with Crippen LogP contribution >= 0.6 is 0 Å². The van der Waals surface area contributed by atoms with Crippen LogP contribution in [0, 0.1) is 18.7 Å². The third kappa shape index (κ3) is 6.31. The first-order valence-corrected chi connectivity index (χ1v) is 11.8. The average molecular weight is 535 g/mol. The molecule has 5 rings (SSSR count). The molecule has 3 atom stereocenters. The normalized spacial score (nSPS) is 20.2. The Morgan fingerprint density at radius 1 is 1.13 bits per heavy atom. The van der Waals surface area contributed by atoms with Crippen LogP contribution in [0.25, 0.3) is 0 Å². The fraction of sp³-hybridized carbons (Fsp3) is 0.346. The number of likely N-dealkylation sites (tertiary alicyclic amines) is 1. The quantitative estimate of drug-likeness (QED) is 0.453. The molecular formula is C26H25F4N3O5. The predicted molar refractivity (Wildman–Crippen MR) is 126 cm³/mol. The molecule has 1 aliphatic heterocycles.